The van der Waals surface area contributed by atoms with E-state index in [4.69, 9.17) is 5.73 Å². The lowest BCUT2D eigenvalue weighted by atomic mass is 9.88. The van der Waals surface area contributed by atoms with Gasteiger partial charge >= 0.3 is 0 Å². The second-order valence-corrected chi connectivity index (χ2v) is 6.00. The predicted octanol–water partition coefficient (Wildman–Crippen LogP) is 3.25. The first-order valence-electron chi connectivity index (χ1n) is 7.14. The molecule has 0 saturated carbocycles. The van der Waals surface area contributed by atoms with E-state index in [2.05, 4.69) is 6.92 Å². The molecule has 1 atom stereocenters. The Morgan fingerprint density at radius 2 is 2.11 bits per heavy atom. The van der Waals surface area contributed by atoms with E-state index in [1.165, 1.54) is 0 Å². The number of carbonyl (C=O) groups is 1. The highest BCUT2D eigenvalue weighted by Crippen LogP contribution is 2.34. The van der Waals surface area contributed by atoms with Crippen molar-refractivity contribution in [3.8, 4) is 0 Å². The number of rotatable bonds is 2. The van der Waals surface area contributed by atoms with Crippen LogP contribution in [0.25, 0.3) is 0 Å². The van der Waals surface area contributed by atoms with Gasteiger partial charge in [-0.3, -0.25) is 4.79 Å². The van der Waals surface area contributed by atoms with Crippen molar-refractivity contribution in [3.05, 3.63) is 29.8 Å². The van der Waals surface area contributed by atoms with E-state index in [-0.39, 0.29) is 17.4 Å². The lowest BCUT2D eigenvalue weighted by Crippen LogP contribution is -2.41. The molecule has 19 heavy (non-hydrogen) atoms. The molecule has 3 heteroatoms. The van der Waals surface area contributed by atoms with Crippen molar-refractivity contribution in [1.29, 1.82) is 0 Å². The molecule has 1 aromatic carbocycles. The number of hydrogen-bond donors (Lipinski definition) is 1. The number of amides is 1. The smallest absolute Gasteiger partial charge is 0.232 e. The van der Waals surface area contributed by atoms with Gasteiger partial charge in [-0.05, 0) is 30.9 Å². The Labute approximate surface area is 115 Å². The maximum Gasteiger partial charge on any atom is 0.232 e. The van der Waals surface area contributed by atoms with Gasteiger partial charge in [0.05, 0.1) is 0 Å². The predicted molar refractivity (Wildman–Crippen MR) is 79.0 cm³/mol. The minimum atomic E-state index is -0.318. The number of hydrogen-bond acceptors (Lipinski definition) is 2. The number of anilines is 1. The van der Waals surface area contributed by atoms with Crippen LogP contribution in [0, 0.1) is 5.41 Å². The van der Waals surface area contributed by atoms with Gasteiger partial charge in [0.25, 0.3) is 0 Å². The van der Waals surface area contributed by atoms with Crippen LogP contribution in [-0.2, 0) is 4.79 Å². The summed E-state index contributed by atoms with van der Waals surface area (Å²) < 4.78 is 0. The normalized spacial score (nSPS) is 19.8. The Morgan fingerprint density at radius 1 is 1.42 bits per heavy atom. The van der Waals surface area contributed by atoms with E-state index < -0.39 is 0 Å². The van der Waals surface area contributed by atoms with Gasteiger partial charge in [0.1, 0.15) is 0 Å². The monoisotopic (exact) mass is 260 g/mol. The molecule has 0 fully saturated rings. The molecule has 2 rings (SSSR count). The van der Waals surface area contributed by atoms with Gasteiger partial charge in [0.2, 0.25) is 5.91 Å². The summed E-state index contributed by atoms with van der Waals surface area (Å²) >= 11 is 0. The first-order valence-corrected chi connectivity index (χ1v) is 7.14. The van der Waals surface area contributed by atoms with Gasteiger partial charge < -0.3 is 10.6 Å². The maximum absolute atomic E-state index is 12.8. The number of fused-ring (bicyclic) bond motifs is 1. The zero-order valence-corrected chi connectivity index (χ0v) is 12.1. The minimum Gasteiger partial charge on any atom is -0.324 e. The largest absolute Gasteiger partial charge is 0.324 e. The van der Waals surface area contributed by atoms with Gasteiger partial charge in [-0.15, -0.1) is 0 Å². The van der Waals surface area contributed by atoms with Crippen molar-refractivity contribution in [2.45, 2.75) is 46.1 Å². The Morgan fingerprint density at radius 3 is 2.79 bits per heavy atom. The highest BCUT2D eigenvalue weighted by molar-refractivity contribution is 5.98. The van der Waals surface area contributed by atoms with Crippen LogP contribution in [0.2, 0.25) is 0 Å². The summed E-state index contributed by atoms with van der Waals surface area (Å²) in [5, 5.41) is 0. The molecule has 0 bridgehead atoms. The molecule has 2 N–H and O–H groups in total. The first-order chi connectivity index (χ1) is 8.97. The minimum absolute atomic E-state index is 0.0405. The van der Waals surface area contributed by atoms with Crippen LogP contribution in [0.1, 0.15) is 51.6 Å². The Hall–Kier alpha value is -1.35. The van der Waals surface area contributed by atoms with E-state index >= 15 is 0 Å². The SMILES string of the molecule is CCC(C)(C)C(=O)N1CCCC(N)c2ccccc21. The maximum atomic E-state index is 12.8. The van der Waals surface area contributed by atoms with Crippen LogP contribution in [-0.4, -0.2) is 12.5 Å². The fourth-order valence-electron chi connectivity index (χ4n) is 2.52. The van der Waals surface area contributed by atoms with E-state index in [0.29, 0.717) is 0 Å². The molecular formula is C16H24N2O. The van der Waals surface area contributed by atoms with Gasteiger partial charge in [-0.2, -0.15) is 0 Å². The Bertz CT molecular complexity index is 468. The topological polar surface area (TPSA) is 46.3 Å². The molecule has 1 heterocycles. The average molecular weight is 260 g/mol. The third-order valence-electron chi connectivity index (χ3n) is 4.23. The third kappa shape index (κ3) is 2.66. The van der Waals surface area contributed by atoms with Crippen molar-refractivity contribution in [3.63, 3.8) is 0 Å². The van der Waals surface area contributed by atoms with Crippen molar-refractivity contribution in [2.24, 2.45) is 11.1 Å². The molecule has 104 valence electrons. The molecule has 0 aliphatic carbocycles. The molecule has 0 saturated heterocycles. The second kappa shape index (κ2) is 5.33. The summed E-state index contributed by atoms with van der Waals surface area (Å²) in [4.78, 5) is 14.7. The van der Waals surface area contributed by atoms with Crippen LogP contribution >= 0.6 is 0 Å². The number of carbonyl (C=O) groups excluding carboxylic acids is 1. The molecule has 1 aliphatic rings. The molecule has 1 aliphatic heterocycles. The molecule has 0 radical (unpaired) electrons. The van der Waals surface area contributed by atoms with Gasteiger partial charge in [0, 0.05) is 23.7 Å². The van der Waals surface area contributed by atoms with E-state index in [0.717, 1.165) is 37.1 Å². The van der Waals surface area contributed by atoms with Gasteiger partial charge in [0.15, 0.2) is 0 Å². The molecule has 0 aromatic heterocycles. The van der Waals surface area contributed by atoms with E-state index in [1.807, 2.05) is 43.0 Å². The van der Waals surface area contributed by atoms with Crippen molar-refractivity contribution < 1.29 is 4.79 Å². The summed E-state index contributed by atoms with van der Waals surface area (Å²) in [6.07, 6.45) is 2.74. The summed E-state index contributed by atoms with van der Waals surface area (Å²) in [5.74, 6) is 0.205. The average Bonchev–Trinajstić information content (AvgIpc) is 2.58. The lowest BCUT2D eigenvalue weighted by Gasteiger charge is -2.31. The van der Waals surface area contributed by atoms with Crippen LogP contribution in [0.15, 0.2) is 24.3 Å². The summed E-state index contributed by atoms with van der Waals surface area (Å²) in [5.41, 5.74) is 7.99. The summed E-state index contributed by atoms with van der Waals surface area (Å²) in [6.45, 7) is 6.87. The second-order valence-electron chi connectivity index (χ2n) is 6.00. The van der Waals surface area contributed by atoms with Crippen LogP contribution in [0.5, 0.6) is 0 Å². The zero-order chi connectivity index (χ0) is 14.0. The van der Waals surface area contributed by atoms with Crippen LogP contribution in [0.4, 0.5) is 5.69 Å². The number of para-hydroxylation sites is 1. The molecular weight excluding hydrogens is 236 g/mol. The number of benzene rings is 1. The highest BCUT2D eigenvalue weighted by Gasteiger charge is 2.33. The van der Waals surface area contributed by atoms with Crippen LogP contribution in [0.3, 0.4) is 0 Å². The van der Waals surface area contributed by atoms with Crippen LogP contribution < -0.4 is 10.6 Å². The lowest BCUT2D eigenvalue weighted by molar-refractivity contribution is -0.126. The fraction of sp³-hybridized carbons (Fsp3) is 0.562. The molecule has 1 aromatic rings. The zero-order valence-electron chi connectivity index (χ0n) is 12.1. The number of nitrogens with zero attached hydrogens (tertiary/aromatic N) is 1. The highest BCUT2D eigenvalue weighted by atomic mass is 16.2. The van der Waals surface area contributed by atoms with E-state index in [1.54, 1.807) is 0 Å². The van der Waals surface area contributed by atoms with Gasteiger partial charge in [-0.1, -0.05) is 39.0 Å². The standard InChI is InChI=1S/C16H24N2O/c1-4-16(2,3)15(19)18-11-7-9-13(17)12-8-5-6-10-14(12)18/h5-6,8,10,13H,4,7,9,11,17H2,1-3H3. The van der Waals surface area contributed by atoms with Gasteiger partial charge in [-0.25, -0.2) is 0 Å². The molecule has 1 unspecified atom stereocenters. The van der Waals surface area contributed by atoms with E-state index in [9.17, 15) is 4.79 Å². The number of nitrogens with two attached hydrogens (primary N) is 1. The quantitative estimate of drug-likeness (QED) is 0.887. The first kappa shape index (κ1) is 14.1. The Balaban J connectivity index is 2.42. The van der Waals surface area contributed by atoms with Crippen molar-refractivity contribution >= 4 is 11.6 Å². The fourth-order valence-corrected chi connectivity index (χ4v) is 2.52. The van der Waals surface area contributed by atoms with Crippen molar-refractivity contribution in [1.82, 2.24) is 0 Å². The summed E-state index contributed by atoms with van der Waals surface area (Å²) in [7, 11) is 0. The Kier molecular flexibility index (Phi) is 3.95. The molecule has 1 amide bonds. The van der Waals surface area contributed by atoms with Crippen molar-refractivity contribution in [2.75, 3.05) is 11.4 Å². The molecule has 0 spiro atoms. The molecule has 3 nitrogen and oxygen atoms in total. The summed E-state index contributed by atoms with van der Waals surface area (Å²) in [6, 6.07) is 8.08. The third-order valence-corrected chi connectivity index (χ3v) is 4.23.